The van der Waals surface area contributed by atoms with Crippen molar-refractivity contribution in [1.29, 1.82) is 5.26 Å². The predicted molar refractivity (Wildman–Crippen MR) is 72.0 cm³/mol. The molecule has 1 aliphatic heterocycles. The molecular weight excluding hydrogens is 264 g/mol. The Labute approximate surface area is 112 Å². The van der Waals surface area contributed by atoms with Gasteiger partial charge in [-0.1, -0.05) is 0 Å². The molecule has 0 saturated carbocycles. The molecule has 100 valence electrons. The Morgan fingerprint density at radius 1 is 1.47 bits per heavy atom. The summed E-state index contributed by atoms with van der Waals surface area (Å²) in [5.74, 6) is 0.185. The molecule has 1 aliphatic rings. The Morgan fingerprint density at radius 3 is 2.79 bits per heavy atom. The van der Waals surface area contributed by atoms with Crippen LogP contribution in [0.4, 0.5) is 5.69 Å². The van der Waals surface area contributed by atoms with Crippen molar-refractivity contribution in [2.45, 2.75) is 13.0 Å². The minimum Gasteiger partial charge on any atom is -0.366 e. The van der Waals surface area contributed by atoms with E-state index in [1.807, 2.05) is 11.8 Å². The second kappa shape index (κ2) is 5.02. The molecule has 6 heteroatoms. The van der Waals surface area contributed by atoms with Crippen molar-refractivity contribution < 1.29 is 13.2 Å². The number of carbonyl (C=O) groups is 1. The lowest BCUT2D eigenvalue weighted by atomic mass is 10.1. The second-order valence-corrected chi connectivity index (χ2v) is 6.89. The monoisotopic (exact) mass is 278 g/mol. The summed E-state index contributed by atoms with van der Waals surface area (Å²) in [5, 5.41) is 9.15. The number of anilines is 1. The molecule has 1 aromatic carbocycles. The van der Waals surface area contributed by atoms with E-state index in [0.717, 1.165) is 0 Å². The summed E-state index contributed by atoms with van der Waals surface area (Å²) in [6.45, 7) is 2.20. The zero-order valence-corrected chi connectivity index (χ0v) is 11.4. The van der Waals surface area contributed by atoms with E-state index < -0.39 is 9.84 Å². The van der Waals surface area contributed by atoms with Gasteiger partial charge in [-0.25, -0.2) is 8.42 Å². The molecule has 0 N–H and O–H groups in total. The Bertz CT molecular complexity index is 646. The van der Waals surface area contributed by atoms with E-state index in [1.165, 1.54) is 6.07 Å². The first kappa shape index (κ1) is 13.6. The Hall–Kier alpha value is -1.87. The van der Waals surface area contributed by atoms with Crippen LogP contribution in [0.15, 0.2) is 18.2 Å². The van der Waals surface area contributed by atoms with Crippen LogP contribution in [0.2, 0.25) is 0 Å². The first-order valence-corrected chi connectivity index (χ1v) is 7.75. The van der Waals surface area contributed by atoms with Crippen LogP contribution in [0.25, 0.3) is 0 Å². The van der Waals surface area contributed by atoms with E-state index >= 15 is 0 Å². The summed E-state index contributed by atoms with van der Waals surface area (Å²) in [4.78, 5) is 12.6. The summed E-state index contributed by atoms with van der Waals surface area (Å²) >= 11 is 0. The van der Waals surface area contributed by atoms with Gasteiger partial charge in [0.25, 0.3) is 0 Å². The molecule has 2 rings (SSSR count). The van der Waals surface area contributed by atoms with Gasteiger partial charge >= 0.3 is 0 Å². The quantitative estimate of drug-likeness (QED) is 0.754. The Balaban J connectivity index is 2.38. The largest absolute Gasteiger partial charge is 0.366 e. The summed E-state index contributed by atoms with van der Waals surface area (Å²) < 4.78 is 23.1. The minimum atomic E-state index is -2.99. The van der Waals surface area contributed by atoms with Crippen LogP contribution < -0.4 is 4.90 Å². The van der Waals surface area contributed by atoms with E-state index in [9.17, 15) is 13.2 Å². The third kappa shape index (κ3) is 2.76. The molecule has 5 nitrogen and oxygen atoms in total. The summed E-state index contributed by atoms with van der Waals surface area (Å²) in [6, 6.07) is 6.75. The lowest BCUT2D eigenvalue weighted by Crippen LogP contribution is -2.47. The summed E-state index contributed by atoms with van der Waals surface area (Å²) in [5.41, 5.74) is 1.53. The van der Waals surface area contributed by atoms with Crippen LogP contribution in [0.1, 0.15) is 22.8 Å². The van der Waals surface area contributed by atoms with Gasteiger partial charge in [-0.05, 0) is 25.1 Å². The highest BCUT2D eigenvalue weighted by molar-refractivity contribution is 7.91. The average Bonchev–Trinajstić information content (AvgIpc) is 2.37. The standard InChI is InChI=1S/C13H14N2O3S/c1-10-9-19(17,18)5-4-15(10)13-3-2-11(8-16)6-12(13)7-14/h2-3,6,8,10H,4-5,9H2,1H3. The molecule has 0 aliphatic carbocycles. The van der Waals surface area contributed by atoms with Gasteiger partial charge in [-0.3, -0.25) is 4.79 Å². The van der Waals surface area contributed by atoms with Gasteiger partial charge in [0.1, 0.15) is 12.4 Å². The third-order valence-electron chi connectivity index (χ3n) is 3.26. The number of benzene rings is 1. The van der Waals surface area contributed by atoms with E-state index in [2.05, 4.69) is 6.07 Å². The normalized spacial score (nSPS) is 21.7. The molecule has 1 heterocycles. The van der Waals surface area contributed by atoms with Crippen LogP contribution in [-0.4, -0.2) is 38.8 Å². The predicted octanol–water partition coefficient (Wildman–Crippen LogP) is 0.994. The number of nitrogens with zero attached hydrogens (tertiary/aromatic N) is 2. The number of nitriles is 1. The fourth-order valence-electron chi connectivity index (χ4n) is 2.32. The van der Waals surface area contributed by atoms with Crippen molar-refractivity contribution in [2.75, 3.05) is 23.0 Å². The molecule has 0 radical (unpaired) electrons. The van der Waals surface area contributed by atoms with Crippen LogP contribution in [0.3, 0.4) is 0 Å². The van der Waals surface area contributed by atoms with Crippen LogP contribution in [0, 0.1) is 11.3 Å². The number of sulfone groups is 1. The van der Waals surface area contributed by atoms with Crippen molar-refractivity contribution in [3.8, 4) is 6.07 Å². The van der Waals surface area contributed by atoms with Gasteiger partial charge in [0.15, 0.2) is 9.84 Å². The maximum atomic E-state index is 11.6. The molecule has 0 bridgehead atoms. The zero-order chi connectivity index (χ0) is 14.0. The molecule has 0 aromatic heterocycles. The second-order valence-electron chi connectivity index (χ2n) is 4.66. The molecule has 1 fully saturated rings. The number of rotatable bonds is 2. The lowest BCUT2D eigenvalue weighted by molar-refractivity contribution is 0.112. The molecule has 0 amide bonds. The van der Waals surface area contributed by atoms with Crippen molar-refractivity contribution >= 4 is 21.8 Å². The highest BCUT2D eigenvalue weighted by Crippen LogP contribution is 2.25. The molecular formula is C13H14N2O3S. The maximum Gasteiger partial charge on any atom is 0.154 e. The van der Waals surface area contributed by atoms with E-state index in [-0.39, 0.29) is 17.5 Å². The van der Waals surface area contributed by atoms with Gasteiger partial charge in [-0.15, -0.1) is 0 Å². The van der Waals surface area contributed by atoms with Crippen molar-refractivity contribution in [3.63, 3.8) is 0 Å². The van der Waals surface area contributed by atoms with Gasteiger partial charge in [0.05, 0.1) is 22.8 Å². The highest BCUT2D eigenvalue weighted by Gasteiger charge is 2.29. The van der Waals surface area contributed by atoms with Gasteiger partial charge in [0.2, 0.25) is 0 Å². The van der Waals surface area contributed by atoms with Crippen LogP contribution >= 0.6 is 0 Å². The Morgan fingerprint density at radius 2 is 2.21 bits per heavy atom. The Kier molecular flexibility index (Phi) is 3.58. The number of aldehydes is 1. The van der Waals surface area contributed by atoms with E-state index in [0.29, 0.717) is 29.6 Å². The molecule has 19 heavy (non-hydrogen) atoms. The van der Waals surface area contributed by atoms with Gasteiger partial charge in [0, 0.05) is 18.2 Å². The SMILES string of the molecule is CC1CS(=O)(=O)CCN1c1ccc(C=O)cc1C#N. The van der Waals surface area contributed by atoms with Crippen molar-refractivity contribution in [3.05, 3.63) is 29.3 Å². The molecule has 1 saturated heterocycles. The van der Waals surface area contributed by atoms with Crippen molar-refractivity contribution in [2.24, 2.45) is 0 Å². The smallest absolute Gasteiger partial charge is 0.154 e. The number of carbonyl (C=O) groups excluding carboxylic acids is 1. The minimum absolute atomic E-state index is 0.0906. The fourth-order valence-corrected chi connectivity index (χ4v) is 3.88. The highest BCUT2D eigenvalue weighted by atomic mass is 32.2. The summed E-state index contributed by atoms with van der Waals surface area (Å²) in [6.07, 6.45) is 0.689. The van der Waals surface area contributed by atoms with Gasteiger partial charge in [-0.2, -0.15) is 5.26 Å². The number of hydrogen-bond donors (Lipinski definition) is 0. The first-order valence-electron chi connectivity index (χ1n) is 5.93. The number of hydrogen-bond acceptors (Lipinski definition) is 5. The average molecular weight is 278 g/mol. The van der Waals surface area contributed by atoms with Crippen LogP contribution in [-0.2, 0) is 9.84 Å². The van der Waals surface area contributed by atoms with Gasteiger partial charge < -0.3 is 4.90 Å². The maximum absolute atomic E-state index is 11.6. The molecule has 1 aromatic rings. The summed E-state index contributed by atoms with van der Waals surface area (Å²) in [7, 11) is -2.99. The first-order chi connectivity index (χ1) is 8.96. The van der Waals surface area contributed by atoms with Crippen molar-refractivity contribution in [1.82, 2.24) is 0 Å². The topological polar surface area (TPSA) is 78.2 Å². The molecule has 1 atom stereocenters. The van der Waals surface area contributed by atoms with E-state index in [1.54, 1.807) is 12.1 Å². The lowest BCUT2D eigenvalue weighted by Gasteiger charge is -2.35. The fraction of sp³-hybridized carbons (Fsp3) is 0.385. The third-order valence-corrected chi connectivity index (χ3v) is 5.05. The molecule has 1 unspecified atom stereocenters. The van der Waals surface area contributed by atoms with Crippen LogP contribution in [0.5, 0.6) is 0 Å². The molecule has 0 spiro atoms. The zero-order valence-electron chi connectivity index (χ0n) is 10.5. The van der Waals surface area contributed by atoms with E-state index in [4.69, 9.17) is 5.26 Å².